The molecule has 3 N–H and O–H groups in total. The number of nitrogens with zero attached hydrogens (tertiary/aromatic N) is 2. The normalized spacial score (nSPS) is 15.8. The highest BCUT2D eigenvalue weighted by molar-refractivity contribution is 5.92. The van der Waals surface area contributed by atoms with Gasteiger partial charge >= 0.3 is 0 Å². The Labute approximate surface area is 107 Å². The number of hydrogen-bond acceptors (Lipinski definition) is 4. The first kappa shape index (κ1) is 12.8. The standard InChI is InChI=1S/C13H19N3O2/c14-10-5-6-12(15-9-10)13(18)16(7-8-17)11-3-1-2-4-11/h5-6,9,11,17H,1-4,7-8,14H2. The fourth-order valence-electron chi connectivity index (χ4n) is 2.45. The number of aliphatic hydroxyl groups excluding tert-OH is 1. The van der Waals surface area contributed by atoms with Crippen LogP contribution in [-0.4, -0.2) is 40.1 Å². The molecule has 1 aliphatic carbocycles. The van der Waals surface area contributed by atoms with E-state index in [0.717, 1.165) is 25.7 Å². The third-order valence-corrected chi connectivity index (χ3v) is 3.37. The van der Waals surface area contributed by atoms with Gasteiger partial charge in [-0.1, -0.05) is 12.8 Å². The van der Waals surface area contributed by atoms with E-state index in [9.17, 15) is 4.79 Å². The third-order valence-electron chi connectivity index (χ3n) is 3.37. The Kier molecular flexibility index (Phi) is 4.15. The molecule has 5 nitrogen and oxygen atoms in total. The molecular weight excluding hydrogens is 230 g/mol. The van der Waals surface area contributed by atoms with Crippen LogP contribution >= 0.6 is 0 Å². The molecule has 1 amide bonds. The van der Waals surface area contributed by atoms with E-state index in [4.69, 9.17) is 10.8 Å². The molecule has 0 aromatic carbocycles. The van der Waals surface area contributed by atoms with Crippen LogP contribution in [0.4, 0.5) is 5.69 Å². The van der Waals surface area contributed by atoms with Crippen molar-refractivity contribution < 1.29 is 9.90 Å². The number of carbonyl (C=O) groups excluding carboxylic acids is 1. The van der Waals surface area contributed by atoms with Gasteiger partial charge in [0, 0.05) is 12.6 Å². The number of anilines is 1. The predicted molar refractivity (Wildman–Crippen MR) is 69.0 cm³/mol. The molecular formula is C13H19N3O2. The zero-order valence-electron chi connectivity index (χ0n) is 10.4. The Morgan fingerprint density at radius 2 is 2.17 bits per heavy atom. The van der Waals surface area contributed by atoms with Crippen LogP contribution in [0.25, 0.3) is 0 Å². The van der Waals surface area contributed by atoms with E-state index in [1.54, 1.807) is 17.0 Å². The molecule has 5 heteroatoms. The van der Waals surface area contributed by atoms with Crippen molar-refractivity contribution in [2.75, 3.05) is 18.9 Å². The number of hydrogen-bond donors (Lipinski definition) is 2. The first-order valence-electron chi connectivity index (χ1n) is 6.35. The molecule has 0 bridgehead atoms. The van der Waals surface area contributed by atoms with Crippen molar-refractivity contribution in [3.8, 4) is 0 Å². The molecule has 0 saturated heterocycles. The number of nitrogen functional groups attached to an aromatic ring is 1. The van der Waals surface area contributed by atoms with Gasteiger partial charge < -0.3 is 15.7 Å². The number of amides is 1. The van der Waals surface area contributed by atoms with Crippen LogP contribution < -0.4 is 5.73 Å². The quantitative estimate of drug-likeness (QED) is 0.835. The maximum atomic E-state index is 12.3. The summed E-state index contributed by atoms with van der Waals surface area (Å²) in [6, 6.07) is 3.55. The van der Waals surface area contributed by atoms with Gasteiger partial charge in [-0.3, -0.25) is 4.79 Å². The second-order valence-electron chi connectivity index (χ2n) is 4.64. The summed E-state index contributed by atoms with van der Waals surface area (Å²) in [5, 5.41) is 9.10. The molecule has 1 fully saturated rings. The van der Waals surface area contributed by atoms with Crippen LogP contribution in [-0.2, 0) is 0 Å². The number of nitrogens with two attached hydrogens (primary N) is 1. The van der Waals surface area contributed by atoms with Gasteiger partial charge in [0.2, 0.25) is 0 Å². The molecule has 1 heterocycles. The smallest absolute Gasteiger partial charge is 0.272 e. The van der Waals surface area contributed by atoms with Crippen LogP contribution in [0.1, 0.15) is 36.2 Å². The lowest BCUT2D eigenvalue weighted by Gasteiger charge is -2.28. The molecule has 98 valence electrons. The van der Waals surface area contributed by atoms with Crippen LogP contribution in [0, 0.1) is 0 Å². The summed E-state index contributed by atoms with van der Waals surface area (Å²) in [4.78, 5) is 18.1. The van der Waals surface area contributed by atoms with E-state index in [0.29, 0.717) is 17.9 Å². The Morgan fingerprint density at radius 3 is 2.72 bits per heavy atom. The van der Waals surface area contributed by atoms with Gasteiger partial charge in [-0.05, 0) is 25.0 Å². The monoisotopic (exact) mass is 249 g/mol. The summed E-state index contributed by atoms with van der Waals surface area (Å²) in [6.07, 6.45) is 5.81. The predicted octanol–water partition coefficient (Wildman–Crippen LogP) is 1.04. The zero-order valence-corrected chi connectivity index (χ0v) is 10.4. The SMILES string of the molecule is Nc1ccc(C(=O)N(CCO)C2CCCC2)nc1. The van der Waals surface area contributed by atoms with Gasteiger partial charge in [-0.15, -0.1) is 0 Å². The van der Waals surface area contributed by atoms with Gasteiger partial charge in [-0.2, -0.15) is 0 Å². The summed E-state index contributed by atoms with van der Waals surface area (Å²) in [5.41, 5.74) is 6.49. The van der Waals surface area contributed by atoms with Gasteiger partial charge in [-0.25, -0.2) is 4.98 Å². The summed E-state index contributed by atoms with van der Waals surface area (Å²) in [6.45, 7) is 0.354. The Hall–Kier alpha value is -1.62. The molecule has 0 unspecified atom stereocenters. The van der Waals surface area contributed by atoms with Gasteiger partial charge in [0.05, 0.1) is 18.5 Å². The van der Waals surface area contributed by atoms with E-state index in [1.165, 1.54) is 6.20 Å². The minimum atomic E-state index is -0.115. The molecule has 0 spiro atoms. The molecule has 0 aliphatic heterocycles. The molecule has 1 saturated carbocycles. The van der Waals surface area contributed by atoms with E-state index in [2.05, 4.69) is 4.98 Å². The zero-order chi connectivity index (χ0) is 13.0. The Bertz CT molecular complexity index is 399. The first-order valence-corrected chi connectivity index (χ1v) is 6.35. The largest absolute Gasteiger partial charge is 0.397 e. The van der Waals surface area contributed by atoms with Gasteiger partial charge in [0.25, 0.3) is 5.91 Å². The van der Waals surface area contributed by atoms with Crippen molar-refractivity contribution in [3.63, 3.8) is 0 Å². The number of carbonyl (C=O) groups is 1. The van der Waals surface area contributed by atoms with Crippen molar-refractivity contribution in [3.05, 3.63) is 24.0 Å². The van der Waals surface area contributed by atoms with E-state index < -0.39 is 0 Å². The lowest BCUT2D eigenvalue weighted by Crippen LogP contribution is -2.41. The number of aromatic nitrogens is 1. The van der Waals surface area contributed by atoms with Crippen molar-refractivity contribution >= 4 is 11.6 Å². The van der Waals surface area contributed by atoms with Crippen LogP contribution in [0.15, 0.2) is 18.3 Å². The minimum absolute atomic E-state index is 0.0167. The molecule has 0 atom stereocenters. The molecule has 2 rings (SSSR count). The molecule has 1 aromatic heterocycles. The first-order chi connectivity index (χ1) is 8.72. The highest BCUT2D eigenvalue weighted by atomic mass is 16.3. The average molecular weight is 249 g/mol. The fourth-order valence-corrected chi connectivity index (χ4v) is 2.45. The maximum Gasteiger partial charge on any atom is 0.272 e. The molecule has 1 aliphatic rings. The van der Waals surface area contributed by atoms with Crippen molar-refractivity contribution in [2.45, 2.75) is 31.7 Å². The number of pyridine rings is 1. The van der Waals surface area contributed by atoms with E-state index in [-0.39, 0.29) is 18.6 Å². The number of rotatable bonds is 4. The lowest BCUT2D eigenvalue weighted by molar-refractivity contribution is 0.0632. The van der Waals surface area contributed by atoms with Crippen LogP contribution in [0.5, 0.6) is 0 Å². The third kappa shape index (κ3) is 2.79. The summed E-state index contributed by atoms with van der Waals surface area (Å²) < 4.78 is 0. The van der Waals surface area contributed by atoms with Crippen molar-refractivity contribution in [1.29, 1.82) is 0 Å². The van der Waals surface area contributed by atoms with E-state index in [1.807, 2.05) is 0 Å². The van der Waals surface area contributed by atoms with Gasteiger partial charge in [0.15, 0.2) is 0 Å². The minimum Gasteiger partial charge on any atom is -0.397 e. The average Bonchev–Trinajstić information content (AvgIpc) is 2.90. The Balaban J connectivity index is 2.14. The molecule has 0 radical (unpaired) electrons. The maximum absolute atomic E-state index is 12.3. The van der Waals surface area contributed by atoms with Gasteiger partial charge in [0.1, 0.15) is 5.69 Å². The second-order valence-corrected chi connectivity index (χ2v) is 4.64. The highest BCUT2D eigenvalue weighted by Crippen LogP contribution is 2.24. The molecule has 1 aromatic rings. The van der Waals surface area contributed by atoms with E-state index >= 15 is 0 Å². The highest BCUT2D eigenvalue weighted by Gasteiger charge is 2.27. The van der Waals surface area contributed by atoms with Crippen molar-refractivity contribution in [2.24, 2.45) is 0 Å². The molecule has 18 heavy (non-hydrogen) atoms. The lowest BCUT2D eigenvalue weighted by atomic mass is 10.2. The summed E-state index contributed by atoms with van der Waals surface area (Å²) >= 11 is 0. The topological polar surface area (TPSA) is 79.5 Å². The second kappa shape index (κ2) is 5.82. The number of aliphatic hydroxyl groups is 1. The van der Waals surface area contributed by atoms with Crippen molar-refractivity contribution in [1.82, 2.24) is 9.88 Å². The van der Waals surface area contributed by atoms with Crippen LogP contribution in [0.3, 0.4) is 0 Å². The Morgan fingerprint density at radius 1 is 1.44 bits per heavy atom. The summed E-state index contributed by atoms with van der Waals surface area (Å²) in [5.74, 6) is -0.115. The summed E-state index contributed by atoms with van der Waals surface area (Å²) in [7, 11) is 0. The van der Waals surface area contributed by atoms with Crippen LogP contribution in [0.2, 0.25) is 0 Å². The fraction of sp³-hybridized carbons (Fsp3) is 0.538.